The van der Waals surface area contributed by atoms with E-state index in [2.05, 4.69) is 21.3 Å². The third-order valence-corrected chi connectivity index (χ3v) is 5.43. The van der Waals surface area contributed by atoms with E-state index in [9.17, 15) is 4.79 Å². The average Bonchev–Trinajstić information content (AvgIpc) is 3.22. The molecule has 1 aromatic heterocycles. The molecule has 0 aromatic carbocycles. The van der Waals surface area contributed by atoms with Gasteiger partial charge in [0, 0.05) is 24.2 Å². The zero-order valence-corrected chi connectivity index (χ0v) is 11.9. The van der Waals surface area contributed by atoms with Crippen molar-refractivity contribution in [2.75, 3.05) is 0 Å². The molecule has 4 heteroatoms. The minimum atomic E-state index is 0.241. The summed E-state index contributed by atoms with van der Waals surface area (Å²) in [7, 11) is 0. The Labute approximate surface area is 119 Å². The lowest BCUT2D eigenvalue weighted by molar-refractivity contribution is -0.122. The maximum absolute atomic E-state index is 12.4. The molecule has 4 nitrogen and oxygen atoms in total. The van der Waals surface area contributed by atoms with Crippen LogP contribution in [0.25, 0.3) is 0 Å². The standard InChI is InChI=1S/C16H23N3O/c20-16(14-9-11-5-6-15(14)17-11)10-12-7-8-19(18-12)13-3-1-2-4-13/h7-8,11,13-15,17H,1-6,9-10H2. The third kappa shape index (κ3) is 2.20. The molecule has 108 valence electrons. The molecular formula is C16H23N3O. The Morgan fingerprint density at radius 1 is 1.30 bits per heavy atom. The normalized spacial score (nSPS) is 33.1. The van der Waals surface area contributed by atoms with Crippen LogP contribution in [0.15, 0.2) is 12.3 Å². The van der Waals surface area contributed by atoms with Crippen molar-refractivity contribution in [3.8, 4) is 0 Å². The van der Waals surface area contributed by atoms with Gasteiger partial charge in [0.1, 0.15) is 5.78 Å². The van der Waals surface area contributed by atoms with Crippen LogP contribution in [0.2, 0.25) is 0 Å². The van der Waals surface area contributed by atoms with Gasteiger partial charge in [-0.3, -0.25) is 9.48 Å². The molecule has 0 amide bonds. The number of rotatable bonds is 4. The second kappa shape index (κ2) is 4.99. The summed E-state index contributed by atoms with van der Waals surface area (Å²) in [5.74, 6) is 0.631. The number of carbonyl (C=O) groups excluding carboxylic acids is 1. The van der Waals surface area contributed by atoms with Crippen LogP contribution in [0, 0.1) is 5.92 Å². The Kier molecular flexibility index (Phi) is 3.14. The van der Waals surface area contributed by atoms with Crippen LogP contribution in [0.5, 0.6) is 0 Å². The fourth-order valence-corrected chi connectivity index (χ4v) is 4.33. The SMILES string of the molecule is O=C(Cc1ccn(C2CCCC2)n1)C1CC2CCC1N2. The first-order chi connectivity index (χ1) is 9.79. The van der Waals surface area contributed by atoms with E-state index in [0.717, 1.165) is 12.1 Å². The predicted octanol–water partition coefficient (Wildman–Crippen LogP) is 2.25. The number of ketones is 1. The molecule has 3 atom stereocenters. The monoisotopic (exact) mass is 273 g/mol. The molecule has 3 unspecified atom stereocenters. The van der Waals surface area contributed by atoms with Crippen molar-refractivity contribution in [2.24, 2.45) is 5.92 Å². The second-order valence-corrected chi connectivity index (χ2v) is 6.76. The fraction of sp³-hybridized carbons (Fsp3) is 0.750. The molecule has 1 aromatic rings. The zero-order chi connectivity index (χ0) is 13.5. The molecule has 3 aliphatic rings. The predicted molar refractivity (Wildman–Crippen MR) is 76.5 cm³/mol. The van der Waals surface area contributed by atoms with Crippen molar-refractivity contribution in [3.63, 3.8) is 0 Å². The molecule has 2 bridgehead atoms. The van der Waals surface area contributed by atoms with Crippen molar-refractivity contribution >= 4 is 5.78 Å². The number of hydrogen-bond donors (Lipinski definition) is 1. The van der Waals surface area contributed by atoms with Gasteiger partial charge in [-0.25, -0.2) is 0 Å². The van der Waals surface area contributed by atoms with Gasteiger partial charge in [0.2, 0.25) is 0 Å². The summed E-state index contributed by atoms with van der Waals surface area (Å²) in [5, 5.41) is 8.19. The van der Waals surface area contributed by atoms with Crippen LogP contribution in [-0.4, -0.2) is 27.6 Å². The number of nitrogens with zero attached hydrogens (tertiary/aromatic N) is 2. The van der Waals surface area contributed by atoms with Gasteiger partial charge < -0.3 is 5.32 Å². The largest absolute Gasteiger partial charge is 0.310 e. The summed E-state index contributed by atoms with van der Waals surface area (Å²) in [6, 6.07) is 3.66. The number of carbonyl (C=O) groups is 1. The van der Waals surface area contributed by atoms with Gasteiger partial charge >= 0.3 is 0 Å². The quantitative estimate of drug-likeness (QED) is 0.915. The maximum atomic E-state index is 12.4. The van der Waals surface area contributed by atoms with Crippen molar-refractivity contribution in [1.82, 2.24) is 15.1 Å². The van der Waals surface area contributed by atoms with Gasteiger partial charge in [0.05, 0.1) is 18.2 Å². The first kappa shape index (κ1) is 12.6. The van der Waals surface area contributed by atoms with E-state index in [1.807, 2.05) is 6.07 Å². The van der Waals surface area contributed by atoms with Crippen LogP contribution in [-0.2, 0) is 11.2 Å². The summed E-state index contributed by atoms with van der Waals surface area (Å²) in [4.78, 5) is 12.4. The number of fused-ring (bicyclic) bond motifs is 2. The highest BCUT2D eigenvalue weighted by Gasteiger charge is 2.42. The first-order valence-electron chi connectivity index (χ1n) is 8.12. The number of aromatic nitrogens is 2. The van der Waals surface area contributed by atoms with Crippen LogP contribution in [0.4, 0.5) is 0 Å². The summed E-state index contributed by atoms with van der Waals surface area (Å²) in [6.45, 7) is 0. The summed E-state index contributed by atoms with van der Waals surface area (Å²) in [5.41, 5.74) is 0.963. The van der Waals surface area contributed by atoms with Gasteiger partial charge in [0.25, 0.3) is 0 Å². The van der Waals surface area contributed by atoms with Crippen LogP contribution in [0.3, 0.4) is 0 Å². The Morgan fingerprint density at radius 3 is 2.85 bits per heavy atom. The van der Waals surface area contributed by atoms with Crippen LogP contribution < -0.4 is 5.32 Å². The molecule has 2 aliphatic heterocycles. The van der Waals surface area contributed by atoms with E-state index >= 15 is 0 Å². The van der Waals surface area contributed by atoms with Gasteiger partial charge in [-0.2, -0.15) is 5.10 Å². The zero-order valence-electron chi connectivity index (χ0n) is 11.9. The molecule has 1 aliphatic carbocycles. The number of hydrogen-bond acceptors (Lipinski definition) is 3. The van der Waals surface area contributed by atoms with Crippen LogP contribution >= 0.6 is 0 Å². The Bertz CT molecular complexity index is 504. The Morgan fingerprint density at radius 2 is 2.15 bits per heavy atom. The lowest BCUT2D eigenvalue weighted by Crippen LogP contribution is -2.29. The van der Waals surface area contributed by atoms with Gasteiger partial charge in [-0.15, -0.1) is 0 Å². The number of nitrogens with one attached hydrogen (secondary N) is 1. The molecule has 20 heavy (non-hydrogen) atoms. The Hall–Kier alpha value is -1.16. The molecule has 0 spiro atoms. The van der Waals surface area contributed by atoms with Crippen molar-refractivity contribution < 1.29 is 4.79 Å². The molecule has 2 saturated heterocycles. The van der Waals surface area contributed by atoms with Crippen LogP contribution in [0.1, 0.15) is 56.7 Å². The maximum Gasteiger partial charge on any atom is 0.143 e. The second-order valence-electron chi connectivity index (χ2n) is 6.76. The number of Topliss-reactive ketones (excluding diaryl/α,β-unsaturated/α-hetero) is 1. The fourth-order valence-electron chi connectivity index (χ4n) is 4.33. The molecule has 3 heterocycles. The molecule has 0 radical (unpaired) electrons. The molecule has 4 rings (SSSR count). The topological polar surface area (TPSA) is 46.9 Å². The smallest absolute Gasteiger partial charge is 0.143 e. The van der Waals surface area contributed by atoms with Crippen molar-refractivity contribution in [3.05, 3.63) is 18.0 Å². The molecule has 3 fully saturated rings. The highest BCUT2D eigenvalue weighted by Crippen LogP contribution is 2.34. The van der Waals surface area contributed by atoms with Gasteiger partial charge in [0.15, 0.2) is 0 Å². The van der Waals surface area contributed by atoms with Gasteiger partial charge in [-0.1, -0.05) is 12.8 Å². The minimum Gasteiger partial charge on any atom is -0.310 e. The first-order valence-corrected chi connectivity index (χ1v) is 8.12. The van der Waals surface area contributed by atoms with Crippen molar-refractivity contribution in [1.29, 1.82) is 0 Å². The average molecular weight is 273 g/mol. The highest BCUT2D eigenvalue weighted by molar-refractivity contribution is 5.84. The van der Waals surface area contributed by atoms with E-state index in [-0.39, 0.29) is 5.92 Å². The molecular weight excluding hydrogens is 250 g/mol. The minimum absolute atomic E-state index is 0.241. The summed E-state index contributed by atoms with van der Waals surface area (Å²) >= 11 is 0. The lowest BCUT2D eigenvalue weighted by atomic mass is 9.85. The van der Waals surface area contributed by atoms with Crippen molar-refractivity contribution in [2.45, 2.75) is 69.5 Å². The van der Waals surface area contributed by atoms with E-state index in [1.165, 1.54) is 38.5 Å². The summed E-state index contributed by atoms with van der Waals surface area (Å²) in [6.07, 6.45) is 11.2. The van der Waals surface area contributed by atoms with Gasteiger partial charge in [-0.05, 0) is 38.2 Å². The third-order valence-electron chi connectivity index (χ3n) is 5.43. The van der Waals surface area contributed by atoms with E-state index in [1.54, 1.807) is 0 Å². The van der Waals surface area contributed by atoms with E-state index in [4.69, 9.17) is 0 Å². The highest BCUT2D eigenvalue weighted by atomic mass is 16.1. The van der Waals surface area contributed by atoms with E-state index in [0.29, 0.717) is 30.3 Å². The lowest BCUT2D eigenvalue weighted by Gasteiger charge is -2.18. The molecule has 1 N–H and O–H groups in total. The molecule has 1 saturated carbocycles. The Balaban J connectivity index is 1.40. The summed E-state index contributed by atoms with van der Waals surface area (Å²) < 4.78 is 2.09. The van der Waals surface area contributed by atoms with E-state index < -0.39 is 0 Å².